The minimum absolute atomic E-state index is 0. The van der Waals surface area contributed by atoms with Crippen LogP contribution in [0.3, 0.4) is 0 Å². The van der Waals surface area contributed by atoms with Crippen molar-refractivity contribution in [2.75, 3.05) is 26.4 Å². The van der Waals surface area contributed by atoms with Gasteiger partial charge in [-0.05, 0) is 27.3 Å². The van der Waals surface area contributed by atoms with Gasteiger partial charge in [0.05, 0.1) is 0 Å². The van der Waals surface area contributed by atoms with E-state index < -0.39 is 0 Å². The van der Waals surface area contributed by atoms with Gasteiger partial charge >= 0.3 is 0 Å². The number of rotatable bonds is 1. The maximum atomic E-state index is 7.57. The Kier molecular flexibility index (Phi) is 145. The molecule has 0 unspecified atom stereocenters. The first-order valence-electron chi connectivity index (χ1n) is 4.48. The van der Waals surface area contributed by atoms with Crippen LogP contribution in [0.1, 0.15) is 27.2 Å². The van der Waals surface area contributed by atoms with Gasteiger partial charge in [0.25, 0.3) is 0 Å². The Balaban J connectivity index is -0.0000000254. The molecule has 0 aliphatic carbocycles. The van der Waals surface area contributed by atoms with Crippen molar-refractivity contribution in [3.63, 3.8) is 0 Å². The SMILES string of the molecule is CCO.CCO.CCO.[CH2-]CCN.[Ti]. The summed E-state index contributed by atoms with van der Waals surface area (Å²) in [6.07, 6.45) is 0.847. The number of hydrogen-bond acceptors (Lipinski definition) is 4. The first kappa shape index (κ1) is 29.3. The Labute approximate surface area is 103 Å². The number of nitrogens with two attached hydrogens (primary N) is 1. The molecule has 0 radical (unpaired) electrons. The van der Waals surface area contributed by atoms with Crippen molar-refractivity contribution in [2.24, 2.45) is 5.73 Å². The van der Waals surface area contributed by atoms with Crippen LogP contribution in [-0.2, 0) is 21.7 Å². The summed E-state index contributed by atoms with van der Waals surface area (Å²) in [6.45, 7) is 9.98. The van der Waals surface area contributed by atoms with Crippen molar-refractivity contribution in [3.8, 4) is 0 Å². The van der Waals surface area contributed by atoms with Crippen molar-refractivity contribution in [1.82, 2.24) is 0 Å². The molecular formula is C9H26NO3Ti-. The summed E-state index contributed by atoms with van der Waals surface area (Å²) >= 11 is 0. The van der Waals surface area contributed by atoms with Gasteiger partial charge in [0.2, 0.25) is 0 Å². The van der Waals surface area contributed by atoms with Gasteiger partial charge in [-0.25, -0.2) is 0 Å². The van der Waals surface area contributed by atoms with E-state index in [2.05, 4.69) is 6.92 Å². The van der Waals surface area contributed by atoms with Crippen molar-refractivity contribution < 1.29 is 37.0 Å². The molecular weight excluding hydrogens is 218 g/mol. The van der Waals surface area contributed by atoms with E-state index in [1.165, 1.54) is 0 Å². The van der Waals surface area contributed by atoms with Gasteiger partial charge < -0.3 is 28.0 Å². The first-order chi connectivity index (χ1) is 6.16. The van der Waals surface area contributed by atoms with Crippen LogP contribution >= 0.6 is 0 Å². The topological polar surface area (TPSA) is 86.7 Å². The average Bonchev–Trinajstić information content (AvgIpc) is 2.08. The molecule has 0 saturated carbocycles. The van der Waals surface area contributed by atoms with Crippen molar-refractivity contribution >= 4 is 0 Å². The molecule has 14 heavy (non-hydrogen) atoms. The van der Waals surface area contributed by atoms with E-state index in [0.717, 1.165) is 6.42 Å². The predicted octanol–water partition coefficient (Wildman–Crippen LogP) is 0.163. The molecule has 4 nitrogen and oxygen atoms in total. The van der Waals surface area contributed by atoms with Crippen LogP contribution in [0.15, 0.2) is 0 Å². The zero-order valence-electron chi connectivity index (χ0n) is 9.66. The van der Waals surface area contributed by atoms with Gasteiger partial charge in [-0.2, -0.15) is 6.42 Å². The maximum absolute atomic E-state index is 7.57. The van der Waals surface area contributed by atoms with Crippen LogP contribution in [0.4, 0.5) is 0 Å². The van der Waals surface area contributed by atoms with Crippen LogP contribution in [0, 0.1) is 6.92 Å². The standard InChI is InChI=1S/C3H8N.3C2H6O.Ti/c1-2-3-4;3*1-2-3;/h1-4H2;3*3H,2H2,1H3;/q-1;;;;. The predicted molar refractivity (Wildman–Crippen MR) is 57.3 cm³/mol. The summed E-state index contributed by atoms with van der Waals surface area (Å²) in [5.41, 5.74) is 4.97. The molecule has 0 bridgehead atoms. The Hall–Kier alpha value is 0.554. The fourth-order valence-electron chi connectivity index (χ4n) is 0. The van der Waals surface area contributed by atoms with Gasteiger partial charge in [-0.15, -0.1) is 0 Å². The third kappa shape index (κ3) is 694. The number of aliphatic hydroxyl groups excluding tert-OH is 3. The molecule has 5 N–H and O–H groups in total. The number of hydrogen-bond donors (Lipinski definition) is 4. The molecule has 0 spiro atoms. The molecule has 0 aliphatic rings. The van der Waals surface area contributed by atoms with Crippen molar-refractivity contribution in [3.05, 3.63) is 6.92 Å². The molecule has 0 heterocycles. The summed E-state index contributed by atoms with van der Waals surface area (Å²) in [6, 6.07) is 0. The molecule has 5 heteroatoms. The second-order valence-corrected chi connectivity index (χ2v) is 1.59. The summed E-state index contributed by atoms with van der Waals surface area (Å²) in [5, 5.41) is 22.7. The van der Waals surface area contributed by atoms with E-state index in [0.29, 0.717) is 6.54 Å². The van der Waals surface area contributed by atoms with Crippen molar-refractivity contribution in [2.45, 2.75) is 27.2 Å². The van der Waals surface area contributed by atoms with Crippen LogP contribution in [0.25, 0.3) is 0 Å². The zero-order valence-corrected chi connectivity index (χ0v) is 11.2. The van der Waals surface area contributed by atoms with Crippen molar-refractivity contribution in [1.29, 1.82) is 0 Å². The molecule has 0 aromatic carbocycles. The van der Waals surface area contributed by atoms with Gasteiger partial charge in [0.15, 0.2) is 0 Å². The van der Waals surface area contributed by atoms with Crippen LogP contribution in [0.2, 0.25) is 0 Å². The normalized spacial score (nSPS) is 6.00. The second-order valence-electron chi connectivity index (χ2n) is 1.59. The van der Waals surface area contributed by atoms with Crippen LogP contribution in [-0.4, -0.2) is 41.7 Å². The third-order valence-electron chi connectivity index (χ3n) is 0.204. The minimum Gasteiger partial charge on any atom is -0.397 e. The first-order valence-corrected chi connectivity index (χ1v) is 4.48. The molecule has 0 aromatic heterocycles. The summed E-state index contributed by atoms with van der Waals surface area (Å²) in [7, 11) is 0. The van der Waals surface area contributed by atoms with E-state index in [1.54, 1.807) is 20.8 Å². The molecule has 0 saturated heterocycles. The third-order valence-corrected chi connectivity index (χ3v) is 0.204. The molecule has 0 rings (SSSR count). The average molecular weight is 244 g/mol. The van der Waals surface area contributed by atoms with E-state index in [1.807, 2.05) is 0 Å². The van der Waals surface area contributed by atoms with Gasteiger partial charge in [0, 0.05) is 41.5 Å². The molecule has 90 valence electrons. The minimum atomic E-state index is 0. The molecule has 0 aromatic rings. The van der Waals surface area contributed by atoms with E-state index in [9.17, 15) is 0 Å². The number of aliphatic hydroxyl groups is 3. The Morgan fingerprint density at radius 3 is 1.00 bits per heavy atom. The summed E-state index contributed by atoms with van der Waals surface area (Å²) in [4.78, 5) is 0. The largest absolute Gasteiger partial charge is 0.397 e. The van der Waals surface area contributed by atoms with Gasteiger partial charge in [-0.1, -0.05) is 0 Å². The quantitative estimate of drug-likeness (QED) is 0.391. The fourth-order valence-corrected chi connectivity index (χ4v) is 0. The fraction of sp³-hybridized carbons (Fsp3) is 0.889. The molecule has 0 atom stereocenters. The van der Waals surface area contributed by atoms with Crippen LogP contribution < -0.4 is 5.73 Å². The maximum Gasteiger partial charge on any atom is 0.0402 e. The van der Waals surface area contributed by atoms with Gasteiger partial charge in [0.1, 0.15) is 0 Å². The smallest absolute Gasteiger partial charge is 0.0402 e. The molecule has 0 amide bonds. The van der Waals surface area contributed by atoms with E-state index in [-0.39, 0.29) is 41.5 Å². The molecule has 0 aliphatic heterocycles. The Bertz CT molecular complexity index is 36.5. The van der Waals surface area contributed by atoms with E-state index in [4.69, 9.17) is 21.1 Å². The van der Waals surface area contributed by atoms with Crippen LogP contribution in [0.5, 0.6) is 0 Å². The Morgan fingerprint density at radius 2 is 1.00 bits per heavy atom. The van der Waals surface area contributed by atoms with E-state index >= 15 is 0 Å². The van der Waals surface area contributed by atoms with Gasteiger partial charge in [-0.3, -0.25) is 0 Å². The summed E-state index contributed by atoms with van der Waals surface area (Å²) < 4.78 is 0. The second kappa shape index (κ2) is 69.2. The Morgan fingerprint density at radius 1 is 0.929 bits per heavy atom. The zero-order chi connectivity index (χ0) is 11.5. The molecule has 0 fully saturated rings. The monoisotopic (exact) mass is 244 g/mol. The summed E-state index contributed by atoms with van der Waals surface area (Å²) in [5.74, 6) is 0.